The van der Waals surface area contributed by atoms with Gasteiger partial charge < -0.3 is 19.5 Å². The van der Waals surface area contributed by atoms with Crippen LogP contribution in [0.3, 0.4) is 0 Å². The van der Waals surface area contributed by atoms with Crippen molar-refractivity contribution in [3.63, 3.8) is 0 Å². The van der Waals surface area contributed by atoms with Crippen molar-refractivity contribution in [1.29, 1.82) is 5.26 Å². The summed E-state index contributed by atoms with van der Waals surface area (Å²) in [6, 6.07) is 8.62. The maximum Gasteiger partial charge on any atom is 0.254 e. The summed E-state index contributed by atoms with van der Waals surface area (Å²) in [6.45, 7) is 6.40. The van der Waals surface area contributed by atoms with Gasteiger partial charge in [-0.25, -0.2) is 4.98 Å². The van der Waals surface area contributed by atoms with E-state index in [2.05, 4.69) is 50.0 Å². The van der Waals surface area contributed by atoms with Gasteiger partial charge in [-0.3, -0.25) is 14.7 Å². The van der Waals surface area contributed by atoms with E-state index in [1.807, 2.05) is 32.0 Å². The van der Waals surface area contributed by atoms with Crippen LogP contribution < -0.4 is 10.1 Å². The molecule has 38 heavy (non-hydrogen) atoms. The zero-order valence-electron chi connectivity index (χ0n) is 22.6. The van der Waals surface area contributed by atoms with E-state index in [1.165, 1.54) is 24.6 Å². The van der Waals surface area contributed by atoms with Gasteiger partial charge in [0.05, 0.1) is 24.9 Å². The number of imidazole rings is 1. The highest BCUT2D eigenvalue weighted by Gasteiger charge is 2.33. The Balaban J connectivity index is 1.48. The number of rotatable bonds is 10. The summed E-state index contributed by atoms with van der Waals surface area (Å²) in [5.74, 6) is 1.31. The molecule has 1 fully saturated rings. The summed E-state index contributed by atoms with van der Waals surface area (Å²) in [5, 5.41) is 12.5. The molecular formula is C29H35N7O2. The van der Waals surface area contributed by atoms with Gasteiger partial charge in [-0.05, 0) is 62.9 Å². The fourth-order valence-electron chi connectivity index (χ4n) is 5.35. The minimum atomic E-state index is -0.256. The fraction of sp³-hybridized carbons (Fsp3) is 0.448. The molecule has 1 aliphatic heterocycles. The predicted molar refractivity (Wildman–Crippen MR) is 145 cm³/mol. The normalized spacial score (nSPS) is 15.8. The highest BCUT2D eigenvalue weighted by atomic mass is 16.5. The van der Waals surface area contributed by atoms with E-state index in [0.717, 1.165) is 35.6 Å². The Morgan fingerprint density at radius 2 is 2.11 bits per heavy atom. The van der Waals surface area contributed by atoms with Crippen LogP contribution >= 0.6 is 0 Å². The minimum Gasteiger partial charge on any atom is -0.492 e. The number of benzene rings is 1. The third-order valence-corrected chi connectivity index (χ3v) is 7.58. The molecule has 1 aliphatic carbocycles. The average Bonchev–Trinajstić information content (AvgIpc) is 3.68. The molecule has 2 aromatic heterocycles. The van der Waals surface area contributed by atoms with Crippen molar-refractivity contribution in [3.8, 4) is 11.8 Å². The number of nitrogens with one attached hydrogen (secondary N) is 1. The van der Waals surface area contributed by atoms with Crippen LogP contribution in [-0.4, -0.2) is 63.5 Å². The number of carbonyl (C=O) groups is 1. The lowest BCUT2D eigenvalue weighted by Crippen LogP contribution is -2.40. The van der Waals surface area contributed by atoms with Gasteiger partial charge in [-0.15, -0.1) is 0 Å². The Hall–Kier alpha value is -3.90. The van der Waals surface area contributed by atoms with Crippen LogP contribution in [0, 0.1) is 11.3 Å². The Bertz CT molecular complexity index is 1370. The molecule has 3 heterocycles. The molecule has 2 aliphatic rings. The summed E-state index contributed by atoms with van der Waals surface area (Å²) < 4.78 is 7.72. The van der Waals surface area contributed by atoms with Crippen molar-refractivity contribution in [2.45, 2.75) is 58.3 Å². The highest BCUT2D eigenvalue weighted by Crippen LogP contribution is 2.34. The van der Waals surface area contributed by atoms with E-state index in [9.17, 15) is 10.1 Å². The second kappa shape index (κ2) is 10.8. The van der Waals surface area contributed by atoms with Gasteiger partial charge in [0.15, 0.2) is 0 Å². The number of nitriles is 1. The Labute approximate surface area is 224 Å². The lowest BCUT2D eigenvalue weighted by atomic mass is 9.90. The number of hydrogen-bond donors (Lipinski definition) is 1. The van der Waals surface area contributed by atoms with Crippen molar-refractivity contribution in [2.24, 2.45) is 0 Å². The SMILES string of the molecule is CCOc1cc([C@H](C)N2CCc3c(CN(C)C4CC4)cc(Cn4ccnc4NC)cc3C2=O)ncc1C#N. The molecule has 1 N–H and O–H groups in total. The van der Waals surface area contributed by atoms with E-state index >= 15 is 0 Å². The van der Waals surface area contributed by atoms with Gasteiger partial charge in [0.1, 0.15) is 17.4 Å². The molecule has 1 aromatic carbocycles. The summed E-state index contributed by atoms with van der Waals surface area (Å²) in [4.78, 5) is 27.2. The number of aromatic nitrogens is 3. The van der Waals surface area contributed by atoms with E-state index in [1.54, 1.807) is 12.3 Å². The molecular weight excluding hydrogens is 478 g/mol. The fourth-order valence-corrected chi connectivity index (χ4v) is 5.35. The maximum atomic E-state index is 14.0. The Morgan fingerprint density at radius 1 is 1.29 bits per heavy atom. The predicted octanol–water partition coefficient (Wildman–Crippen LogP) is 3.99. The molecule has 0 unspecified atom stereocenters. The number of amides is 1. The number of ether oxygens (including phenoxy) is 1. The lowest BCUT2D eigenvalue weighted by Gasteiger charge is -2.35. The highest BCUT2D eigenvalue weighted by molar-refractivity contribution is 5.97. The first-order chi connectivity index (χ1) is 18.4. The molecule has 0 saturated heterocycles. The largest absolute Gasteiger partial charge is 0.492 e. The number of pyridine rings is 1. The number of carbonyl (C=O) groups excluding carboxylic acids is 1. The number of nitrogens with zero attached hydrogens (tertiary/aromatic N) is 6. The molecule has 0 radical (unpaired) electrons. The average molecular weight is 514 g/mol. The topological polar surface area (TPSA) is 99.3 Å². The minimum absolute atomic E-state index is 0.0134. The molecule has 3 aromatic rings. The molecule has 198 valence electrons. The molecule has 1 saturated carbocycles. The van der Waals surface area contributed by atoms with Gasteiger partial charge in [0.2, 0.25) is 5.95 Å². The van der Waals surface area contributed by atoms with Crippen molar-refractivity contribution in [3.05, 3.63) is 70.3 Å². The Kier molecular flexibility index (Phi) is 7.34. The van der Waals surface area contributed by atoms with Crippen molar-refractivity contribution >= 4 is 11.9 Å². The monoisotopic (exact) mass is 513 g/mol. The number of fused-ring (bicyclic) bond motifs is 1. The summed E-state index contributed by atoms with van der Waals surface area (Å²) in [7, 11) is 4.04. The molecule has 5 rings (SSSR count). The van der Waals surface area contributed by atoms with Crippen molar-refractivity contribution in [2.75, 3.05) is 32.6 Å². The van der Waals surface area contributed by atoms with Crippen molar-refractivity contribution < 1.29 is 9.53 Å². The van der Waals surface area contributed by atoms with E-state index < -0.39 is 0 Å². The molecule has 1 amide bonds. The second-order valence-corrected chi connectivity index (χ2v) is 10.1. The maximum absolute atomic E-state index is 14.0. The summed E-state index contributed by atoms with van der Waals surface area (Å²) in [5.41, 5.74) is 5.34. The van der Waals surface area contributed by atoms with Crippen LogP contribution in [0.2, 0.25) is 0 Å². The zero-order valence-corrected chi connectivity index (χ0v) is 22.6. The van der Waals surface area contributed by atoms with Crippen molar-refractivity contribution in [1.82, 2.24) is 24.3 Å². The molecule has 0 bridgehead atoms. The van der Waals surface area contributed by atoms with Crippen LogP contribution in [0.4, 0.5) is 5.95 Å². The quantitative estimate of drug-likeness (QED) is 0.438. The zero-order chi connectivity index (χ0) is 26.8. The van der Waals surface area contributed by atoms with Crippen LogP contribution in [0.1, 0.15) is 71.0 Å². The summed E-state index contributed by atoms with van der Waals surface area (Å²) in [6.07, 6.45) is 8.54. The first-order valence-electron chi connectivity index (χ1n) is 13.3. The molecule has 9 heteroatoms. The standard InChI is InChI=1S/C29H35N7O2/c1-5-38-27-14-26(33-16-22(27)15-30)19(2)36-10-8-24-21(18-34(4)23-6-7-23)12-20(13-25(24)28(36)37)17-35-11-9-32-29(35)31-3/h9,11-14,16,19,23H,5-8,10,17-18H2,1-4H3,(H,31,32)/t19-/m0/s1. The van der Waals surface area contributed by atoms with Crippen LogP contribution in [0.25, 0.3) is 0 Å². The molecule has 1 atom stereocenters. The molecule has 9 nitrogen and oxygen atoms in total. The van der Waals surface area contributed by atoms with Gasteiger partial charge in [0.25, 0.3) is 5.91 Å². The van der Waals surface area contributed by atoms with Gasteiger partial charge in [-0.1, -0.05) is 6.07 Å². The van der Waals surface area contributed by atoms with E-state index in [-0.39, 0.29) is 11.9 Å². The van der Waals surface area contributed by atoms with E-state index in [0.29, 0.717) is 42.7 Å². The smallest absolute Gasteiger partial charge is 0.254 e. The van der Waals surface area contributed by atoms with Gasteiger partial charge >= 0.3 is 0 Å². The third kappa shape index (κ3) is 5.09. The Morgan fingerprint density at radius 3 is 2.82 bits per heavy atom. The third-order valence-electron chi connectivity index (χ3n) is 7.58. The van der Waals surface area contributed by atoms with Gasteiger partial charge in [-0.2, -0.15) is 5.26 Å². The number of hydrogen-bond acceptors (Lipinski definition) is 7. The lowest BCUT2D eigenvalue weighted by molar-refractivity contribution is 0.0667. The second-order valence-electron chi connectivity index (χ2n) is 10.1. The summed E-state index contributed by atoms with van der Waals surface area (Å²) >= 11 is 0. The van der Waals surface area contributed by atoms with Crippen LogP contribution in [0.5, 0.6) is 5.75 Å². The molecule has 0 spiro atoms. The number of anilines is 1. The van der Waals surface area contributed by atoms with E-state index in [4.69, 9.17) is 4.74 Å². The van der Waals surface area contributed by atoms with Crippen LogP contribution in [-0.2, 0) is 19.5 Å². The first-order valence-corrected chi connectivity index (χ1v) is 13.3. The van der Waals surface area contributed by atoms with Crippen LogP contribution in [0.15, 0.2) is 36.8 Å². The first kappa shape index (κ1) is 25.7. The van der Waals surface area contributed by atoms with Gasteiger partial charge in [0, 0.05) is 56.4 Å².